The molecule has 0 unspecified atom stereocenters. The predicted molar refractivity (Wildman–Crippen MR) is 77.4 cm³/mol. The Kier molecular flexibility index (Phi) is 4.95. The van der Waals surface area contributed by atoms with Gasteiger partial charge in [-0.3, -0.25) is 4.79 Å². The molecule has 1 aliphatic heterocycles. The number of nitrogens with one attached hydrogen (secondary N) is 1. The summed E-state index contributed by atoms with van der Waals surface area (Å²) in [5.74, 6) is -0.682. The van der Waals surface area contributed by atoms with Crippen LogP contribution in [0.2, 0.25) is 0 Å². The second-order valence-corrected chi connectivity index (χ2v) is 7.14. The van der Waals surface area contributed by atoms with Crippen molar-refractivity contribution in [3.05, 3.63) is 35.6 Å². The third kappa shape index (κ3) is 4.01. The molecule has 5 nitrogen and oxygen atoms in total. The topological polar surface area (TPSA) is 66.5 Å². The van der Waals surface area contributed by atoms with Crippen LogP contribution in [-0.2, 0) is 20.6 Å². The van der Waals surface area contributed by atoms with Gasteiger partial charge in [0.1, 0.15) is 5.82 Å². The van der Waals surface area contributed by atoms with Gasteiger partial charge in [0.25, 0.3) is 0 Å². The first-order chi connectivity index (χ1) is 9.92. The van der Waals surface area contributed by atoms with Crippen LogP contribution < -0.4 is 5.32 Å². The van der Waals surface area contributed by atoms with Crippen LogP contribution in [0.3, 0.4) is 0 Å². The monoisotopic (exact) mass is 314 g/mol. The third-order valence-electron chi connectivity index (χ3n) is 3.73. The van der Waals surface area contributed by atoms with E-state index in [4.69, 9.17) is 0 Å². The highest BCUT2D eigenvalue weighted by Crippen LogP contribution is 2.21. The Hall–Kier alpha value is -1.47. The summed E-state index contributed by atoms with van der Waals surface area (Å²) in [5, 5.41) is 2.59. The van der Waals surface area contributed by atoms with Gasteiger partial charge in [0.05, 0.1) is 5.75 Å². The summed E-state index contributed by atoms with van der Waals surface area (Å²) in [7, 11) is -1.84. The number of carbonyl (C=O) groups excluding carboxylic acids is 1. The number of halogens is 1. The maximum atomic E-state index is 12.8. The lowest BCUT2D eigenvalue weighted by atomic mass is 9.97. The van der Waals surface area contributed by atoms with E-state index in [0.29, 0.717) is 31.5 Å². The Labute approximate surface area is 124 Å². The molecule has 116 valence electrons. The minimum Gasteiger partial charge on any atom is -0.359 e. The van der Waals surface area contributed by atoms with E-state index in [1.165, 1.54) is 28.6 Å². The molecule has 1 fully saturated rings. The third-order valence-corrected chi connectivity index (χ3v) is 5.58. The van der Waals surface area contributed by atoms with Crippen molar-refractivity contribution in [3.8, 4) is 0 Å². The van der Waals surface area contributed by atoms with Crippen molar-refractivity contribution in [3.63, 3.8) is 0 Å². The van der Waals surface area contributed by atoms with Crippen LogP contribution in [0.5, 0.6) is 0 Å². The van der Waals surface area contributed by atoms with E-state index in [-0.39, 0.29) is 23.4 Å². The maximum absolute atomic E-state index is 12.8. The van der Waals surface area contributed by atoms with E-state index in [1.807, 2.05) is 0 Å². The molecule has 0 radical (unpaired) electrons. The van der Waals surface area contributed by atoms with Crippen LogP contribution in [-0.4, -0.2) is 38.8 Å². The largest absolute Gasteiger partial charge is 0.359 e. The summed E-state index contributed by atoms with van der Waals surface area (Å²) < 4.78 is 38.9. The molecule has 1 amide bonds. The summed E-state index contributed by atoms with van der Waals surface area (Å²) in [6.07, 6.45) is 1.06. The average molecular weight is 314 g/mol. The fraction of sp³-hybridized carbons (Fsp3) is 0.500. The number of amides is 1. The number of benzene rings is 1. The van der Waals surface area contributed by atoms with Gasteiger partial charge in [0.15, 0.2) is 0 Å². The Bertz CT molecular complexity index is 593. The number of piperidine rings is 1. The first-order valence-corrected chi connectivity index (χ1v) is 8.47. The van der Waals surface area contributed by atoms with Crippen molar-refractivity contribution < 1.29 is 17.6 Å². The fourth-order valence-electron chi connectivity index (χ4n) is 2.48. The molecule has 7 heteroatoms. The smallest absolute Gasteiger partial charge is 0.222 e. The van der Waals surface area contributed by atoms with E-state index in [0.717, 1.165) is 0 Å². The zero-order valence-corrected chi connectivity index (χ0v) is 12.7. The van der Waals surface area contributed by atoms with Gasteiger partial charge in [-0.25, -0.2) is 17.1 Å². The van der Waals surface area contributed by atoms with Crippen LogP contribution in [0.1, 0.15) is 18.4 Å². The molecule has 0 bridgehead atoms. The van der Waals surface area contributed by atoms with Gasteiger partial charge in [-0.05, 0) is 30.5 Å². The van der Waals surface area contributed by atoms with Crippen molar-refractivity contribution in [2.45, 2.75) is 18.6 Å². The van der Waals surface area contributed by atoms with Gasteiger partial charge < -0.3 is 5.32 Å². The highest BCUT2D eigenvalue weighted by atomic mass is 32.2. The zero-order chi connectivity index (χ0) is 15.5. The minimum absolute atomic E-state index is 0.0365. The van der Waals surface area contributed by atoms with Crippen LogP contribution in [0.15, 0.2) is 24.3 Å². The standard InChI is InChI=1S/C14H19FN2O3S/c1-16-14(18)12-6-8-17(9-7-12)21(19,20)10-11-2-4-13(15)5-3-11/h2-5,12H,6-10H2,1H3,(H,16,18). The highest BCUT2D eigenvalue weighted by Gasteiger charge is 2.30. The Morgan fingerprint density at radius 1 is 1.29 bits per heavy atom. The first kappa shape index (κ1) is 15.9. The summed E-state index contributed by atoms with van der Waals surface area (Å²) in [5.41, 5.74) is 0.560. The molecular formula is C14H19FN2O3S. The van der Waals surface area contributed by atoms with E-state index in [1.54, 1.807) is 7.05 Å². The van der Waals surface area contributed by atoms with Crippen LogP contribution in [0.25, 0.3) is 0 Å². The summed E-state index contributed by atoms with van der Waals surface area (Å²) in [4.78, 5) is 11.5. The van der Waals surface area contributed by atoms with Gasteiger partial charge in [-0.1, -0.05) is 12.1 Å². The lowest BCUT2D eigenvalue weighted by molar-refractivity contribution is -0.125. The fourth-order valence-corrected chi connectivity index (χ4v) is 4.05. The van der Waals surface area contributed by atoms with Crippen LogP contribution >= 0.6 is 0 Å². The second kappa shape index (κ2) is 6.53. The molecule has 0 aromatic heterocycles. The molecule has 1 heterocycles. The molecule has 1 N–H and O–H groups in total. The molecule has 0 spiro atoms. The molecule has 0 saturated carbocycles. The SMILES string of the molecule is CNC(=O)C1CCN(S(=O)(=O)Cc2ccc(F)cc2)CC1. The molecule has 1 aromatic carbocycles. The van der Waals surface area contributed by atoms with Crippen LogP contribution in [0, 0.1) is 11.7 Å². The number of nitrogens with zero attached hydrogens (tertiary/aromatic N) is 1. The minimum atomic E-state index is -3.43. The number of rotatable bonds is 4. The Morgan fingerprint density at radius 3 is 2.38 bits per heavy atom. The van der Waals surface area contributed by atoms with Gasteiger partial charge in [0, 0.05) is 26.1 Å². The number of hydrogen-bond acceptors (Lipinski definition) is 3. The lowest BCUT2D eigenvalue weighted by Gasteiger charge is -2.30. The van der Waals surface area contributed by atoms with Crippen molar-refractivity contribution >= 4 is 15.9 Å². The molecule has 1 saturated heterocycles. The Balaban J connectivity index is 1.98. The highest BCUT2D eigenvalue weighted by molar-refractivity contribution is 7.88. The molecular weight excluding hydrogens is 295 g/mol. The molecule has 0 aliphatic carbocycles. The molecule has 2 rings (SSSR count). The van der Waals surface area contributed by atoms with Gasteiger partial charge in [-0.2, -0.15) is 0 Å². The van der Waals surface area contributed by atoms with Crippen LogP contribution in [0.4, 0.5) is 4.39 Å². The van der Waals surface area contributed by atoms with E-state index in [9.17, 15) is 17.6 Å². The number of hydrogen-bond donors (Lipinski definition) is 1. The van der Waals surface area contributed by atoms with Crippen molar-refractivity contribution in [2.75, 3.05) is 20.1 Å². The zero-order valence-electron chi connectivity index (χ0n) is 11.9. The normalized spacial score (nSPS) is 17.6. The number of sulfonamides is 1. The summed E-state index contributed by atoms with van der Waals surface area (Å²) >= 11 is 0. The molecule has 1 aromatic rings. The Morgan fingerprint density at radius 2 is 1.86 bits per heavy atom. The van der Waals surface area contributed by atoms with E-state index < -0.39 is 10.0 Å². The van der Waals surface area contributed by atoms with Gasteiger partial charge >= 0.3 is 0 Å². The van der Waals surface area contributed by atoms with Gasteiger partial charge in [-0.15, -0.1) is 0 Å². The lowest BCUT2D eigenvalue weighted by Crippen LogP contribution is -2.42. The summed E-state index contributed by atoms with van der Waals surface area (Å²) in [6, 6.07) is 5.46. The second-order valence-electron chi connectivity index (χ2n) is 5.17. The van der Waals surface area contributed by atoms with Gasteiger partial charge in [0.2, 0.25) is 15.9 Å². The first-order valence-electron chi connectivity index (χ1n) is 6.86. The summed E-state index contributed by atoms with van der Waals surface area (Å²) in [6.45, 7) is 0.698. The predicted octanol–water partition coefficient (Wildman–Crippen LogP) is 1.11. The van der Waals surface area contributed by atoms with E-state index >= 15 is 0 Å². The molecule has 1 aliphatic rings. The quantitative estimate of drug-likeness (QED) is 0.905. The van der Waals surface area contributed by atoms with Crippen molar-refractivity contribution in [1.29, 1.82) is 0 Å². The van der Waals surface area contributed by atoms with E-state index in [2.05, 4.69) is 5.32 Å². The average Bonchev–Trinajstić information content (AvgIpc) is 2.49. The maximum Gasteiger partial charge on any atom is 0.222 e. The molecule has 21 heavy (non-hydrogen) atoms. The molecule has 0 atom stereocenters. The number of carbonyl (C=O) groups is 1. The van der Waals surface area contributed by atoms with Crippen molar-refractivity contribution in [1.82, 2.24) is 9.62 Å². The van der Waals surface area contributed by atoms with Crippen molar-refractivity contribution in [2.24, 2.45) is 5.92 Å².